The van der Waals surface area contributed by atoms with E-state index in [1.54, 1.807) is 29.2 Å². The Morgan fingerprint density at radius 2 is 1.88 bits per heavy atom. The molecule has 0 radical (unpaired) electrons. The van der Waals surface area contributed by atoms with Crippen LogP contribution in [0.1, 0.15) is 31.7 Å². The van der Waals surface area contributed by atoms with Crippen LogP contribution in [0.2, 0.25) is 5.02 Å². The van der Waals surface area contributed by atoms with Crippen LogP contribution in [0.15, 0.2) is 47.4 Å². The molecule has 2 aromatic rings. The van der Waals surface area contributed by atoms with Crippen molar-refractivity contribution in [2.24, 2.45) is 5.73 Å². The highest BCUT2D eigenvalue weighted by atomic mass is 35.5. The molecule has 2 aliphatic heterocycles. The monoisotopic (exact) mass is 479 g/mol. The van der Waals surface area contributed by atoms with Crippen LogP contribution in [0.5, 0.6) is 5.75 Å². The van der Waals surface area contributed by atoms with E-state index in [1.165, 1.54) is 16.4 Å². The molecule has 1 atom stereocenters. The van der Waals surface area contributed by atoms with E-state index >= 15 is 0 Å². The molecular weight excluding hydrogens is 454 g/mol. The molecule has 1 saturated heterocycles. The van der Waals surface area contributed by atoms with Gasteiger partial charge in [-0.2, -0.15) is 4.31 Å². The summed E-state index contributed by atoms with van der Waals surface area (Å²) in [5, 5.41) is 0.579. The number of benzene rings is 2. The second-order valence-corrected chi connectivity index (χ2v) is 10.2. The van der Waals surface area contributed by atoms with Gasteiger partial charge >= 0.3 is 6.09 Å². The number of fused-ring (bicyclic) bond motifs is 1. The Bertz CT molecular complexity index is 1090. The van der Waals surface area contributed by atoms with Crippen LogP contribution in [-0.2, 0) is 21.4 Å². The number of anilines is 1. The van der Waals surface area contributed by atoms with E-state index in [0.29, 0.717) is 43.1 Å². The summed E-state index contributed by atoms with van der Waals surface area (Å²) >= 11 is 6.07. The molecule has 2 N–H and O–H groups in total. The maximum atomic E-state index is 13.1. The number of ether oxygens (including phenoxy) is 2. The predicted octanol–water partition coefficient (Wildman–Crippen LogP) is 3.72. The van der Waals surface area contributed by atoms with E-state index in [4.69, 9.17) is 26.8 Å². The lowest BCUT2D eigenvalue weighted by atomic mass is 10.0. The maximum Gasteiger partial charge on any atom is 0.414 e. The zero-order chi connectivity index (χ0) is 22.9. The number of rotatable bonds is 6. The van der Waals surface area contributed by atoms with Crippen molar-refractivity contribution in [2.45, 2.75) is 50.0 Å². The topological polar surface area (TPSA) is 102 Å². The minimum Gasteiger partial charge on any atom is -0.476 e. The second-order valence-electron chi connectivity index (χ2n) is 7.87. The number of hydrogen-bond donors (Lipinski definition) is 1. The van der Waals surface area contributed by atoms with Crippen LogP contribution in [0.3, 0.4) is 0 Å². The molecule has 32 heavy (non-hydrogen) atoms. The second kappa shape index (κ2) is 9.27. The highest BCUT2D eigenvalue weighted by Gasteiger charge is 2.37. The van der Waals surface area contributed by atoms with Crippen molar-refractivity contribution in [3.05, 3.63) is 53.1 Å². The summed E-state index contributed by atoms with van der Waals surface area (Å²) in [7, 11) is -3.65. The molecule has 0 saturated carbocycles. The third kappa shape index (κ3) is 4.56. The Hall–Kier alpha value is -2.33. The fraction of sp³-hybridized carbons (Fsp3) is 0.409. The molecule has 0 bridgehead atoms. The van der Waals surface area contributed by atoms with Crippen LogP contribution >= 0.6 is 11.6 Å². The summed E-state index contributed by atoms with van der Waals surface area (Å²) < 4.78 is 38.5. The van der Waals surface area contributed by atoms with E-state index in [9.17, 15) is 13.2 Å². The number of halogens is 1. The molecule has 10 heteroatoms. The van der Waals surface area contributed by atoms with Crippen molar-refractivity contribution < 1.29 is 22.7 Å². The summed E-state index contributed by atoms with van der Waals surface area (Å²) in [5.41, 5.74) is 7.39. The first-order valence-electron chi connectivity index (χ1n) is 10.6. The van der Waals surface area contributed by atoms with E-state index < -0.39 is 22.3 Å². The first-order chi connectivity index (χ1) is 15.3. The SMILES string of the molecule is CCC(N)Oc1ccc(S(=O)(=O)N2CCC(N3C(=O)OCc4cc(Cl)ccc43)CC2)cc1. The standard InChI is InChI=1S/C22H26ClN3O5S/c1-2-21(24)31-18-4-6-19(7-5-18)32(28,29)25-11-9-17(10-12-25)26-20-8-3-16(23)13-15(20)14-30-22(26)27/h3-8,13,17,21H,2,9-12,14,24H2,1H3. The zero-order valence-corrected chi connectivity index (χ0v) is 19.3. The van der Waals surface area contributed by atoms with Crippen molar-refractivity contribution in [1.82, 2.24) is 4.31 Å². The first-order valence-corrected chi connectivity index (χ1v) is 12.4. The number of cyclic esters (lactones) is 1. The summed E-state index contributed by atoms with van der Waals surface area (Å²) in [6.45, 7) is 2.70. The molecule has 172 valence electrons. The lowest BCUT2D eigenvalue weighted by Crippen LogP contribution is -2.50. The van der Waals surface area contributed by atoms with Crippen molar-refractivity contribution >= 4 is 33.4 Å². The van der Waals surface area contributed by atoms with Gasteiger partial charge in [0.25, 0.3) is 0 Å². The summed E-state index contributed by atoms with van der Waals surface area (Å²) in [5.74, 6) is 0.527. The Kier molecular flexibility index (Phi) is 6.62. The van der Waals surface area contributed by atoms with Gasteiger partial charge < -0.3 is 9.47 Å². The Labute approximate surface area is 192 Å². The van der Waals surface area contributed by atoms with Crippen molar-refractivity contribution in [2.75, 3.05) is 18.0 Å². The molecule has 4 rings (SSSR count). The van der Waals surface area contributed by atoms with Crippen LogP contribution < -0.4 is 15.4 Å². The zero-order valence-electron chi connectivity index (χ0n) is 17.7. The van der Waals surface area contributed by atoms with Crippen molar-refractivity contribution in [3.63, 3.8) is 0 Å². The fourth-order valence-electron chi connectivity index (χ4n) is 4.00. The summed E-state index contributed by atoms with van der Waals surface area (Å²) in [4.78, 5) is 14.3. The van der Waals surface area contributed by atoms with Crippen LogP contribution in [-0.4, -0.2) is 44.2 Å². The van der Waals surface area contributed by atoms with Gasteiger partial charge in [-0.3, -0.25) is 10.6 Å². The number of piperidine rings is 1. The third-order valence-electron chi connectivity index (χ3n) is 5.79. The highest BCUT2D eigenvalue weighted by Crippen LogP contribution is 2.34. The molecule has 2 heterocycles. The Balaban J connectivity index is 1.45. The molecule has 1 fully saturated rings. The Morgan fingerprint density at radius 1 is 1.19 bits per heavy atom. The first kappa shape index (κ1) is 22.8. The fourth-order valence-corrected chi connectivity index (χ4v) is 5.66. The van der Waals surface area contributed by atoms with E-state index in [1.807, 2.05) is 13.0 Å². The largest absolute Gasteiger partial charge is 0.476 e. The van der Waals surface area contributed by atoms with Gasteiger partial charge in [0, 0.05) is 29.7 Å². The minimum absolute atomic E-state index is 0.152. The van der Waals surface area contributed by atoms with Gasteiger partial charge in [-0.1, -0.05) is 18.5 Å². The predicted molar refractivity (Wildman–Crippen MR) is 121 cm³/mol. The van der Waals surface area contributed by atoms with Crippen molar-refractivity contribution in [1.29, 1.82) is 0 Å². The maximum absolute atomic E-state index is 13.1. The van der Waals surface area contributed by atoms with Crippen LogP contribution in [0.25, 0.3) is 0 Å². The molecule has 0 spiro atoms. The van der Waals surface area contributed by atoms with Crippen LogP contribution in [0.4, 0.5) is 10.5 Å². The molecule has 1 amide bonds. The third-order valence-corrected chi connectivity index (χ3v) is 7.94. The van der Waals surface area contributed by atoms with Gasteiger partial charge in [0.2, 0.25) is 10.0 Å². The van der Waals surface area contributed by atoms with E-state index in [0.717, 1.165) is 11.3 Å². The lowest BCUT2D eigenvalue weighted by Gasteiger charge is -2.39. The van der Waals surface area contributed by atoms with Gasteiger partial charge in [0.1, 0.15) is 18.6 Å². The number of sulfonamides is 1. The number of carbonyl (C=O) groups is 1. The van der Waals surface area contributed by atoms with Gasteiger partial charge in [0.15, 0.2) is 0 Å². The number of nitrogens with zero attached hydrogens (tertiary/aromatic N) is 2. The number of amides is 1. The average molecular weight is 480 g/mol. The highest BCUT2D eigenvalue weighted by molar-refractivity contribution is 7.89. The molecule has 8 nitrogen and oxygen atoms in total. The number of hydrogen-bond acceptors (Lipinski definition) is 6. The molecule has 1 unspecified atom stereocenters. The summed E-state index contributed by atoms with van der Waals surface area (Å²) in [6, 6.07) is 11.5. The van der Waals surface area contributed by atoms with Gasteiger partial charge in [-0.25, -0.2) is 13.2 Å². The minimum atomic E-state index is -3.65. The molecule has 2 aromatic carbocycles. The smallest absolute Gasteiger partial charge is 0.414 e. The summed E-state index contributed by atoms with van der Waals surface area (Å²) in [6.07, 6.45) is 0.810. The van der Waals surface area contributed by atoms with Gasteiger partial charge in [0.05, 0.1) is 10.6 Å². The van der Waals surface area contributed by atoms with Crippen molar-refractivity contribution in [3.8, 4) is 5.75 Å². The molecule has 0 aliphatic carbocycles. The number of carbonyl (C=O) groups excluding carboxylic acids is 1. The van der Waals surface area contributed by atoms with Gasteiger partial charge in [-0.15, -0.1) is 0 Å². The molecule has 0 aromatic heterocycles. The normalized spacial score (nSPS) is 18.7. The average Bonchev–Trinajstić information content (AvgIpc) is 2.79. The van der Waals surface area contributed by atoms with E-state index in [2.05, 4.69) is 0 Å². The number of nitrogens with two attached hydrogens (primary N) is 1. The quantitative estimate of drug-likeness (QED) is 0.633. The van der Waals surface area contributed by atoms with Gasteiger partial charge in [-0.05, 0) is 61.7 Å². The van der Waals surface area contributed by atoms with E-state index in [-0.39, 0.29) is 17.5 Å². The molecular formula is C22H26ClN3O5S. The van der Waals surface area contributed by atoms with Crippen LogP contribution in [0, 0.1) is 0 Å². The molecule has 2 aliphatic rings. The Morgan fingerprint density at radius 3 is 2.53 bits per heavy atom. The lowest BCUT2D eigenvalue weighted by molar-refractivity contribution is 0.136.